The highest BCUT2D eigenvalue weighted by Gasteiger charge is 2.59. The second-order valence-corrected chi connectivity index (χ2v) is 24.6. The normalized spacial score (nSPS) is 30.5. The van der Waals surface area contributed by atoms with Gasteiger partial charge in [-0.15, -0.1) is 0 Å². The van der Waals surface area contributed by atoms with Crippen molar-refractivity contribution >= 4 is 36.6 Å². The molecule has 0 spiro atoms. The lowest BCUT2D eigenvalue weighted by Gasteiger charge is -2.30. The van der Waals surface area contributed by atoms with Crippen molar-refractivity contribution in [2.24, 2.45) is 23.7 Å². The van der Waals surface area contributed by atoms with Crippen LogP contribution in [0.4, 0.5) is 19.2 Å². The first-order valence-corrected chi connectivity index (χ1v) is 25.9. The van der Waals surface area contributed by atoms with Gasteiger partial charge in [-0.25, -0.2) is 24.0 Å². The van der Waals surface area contributed by atoms with E-state index in [1.165, 1.54) is 18.4 Å². The molecule has 4 saturated carbocycles. The number of nitrogens with zero attached hydrogens (tertiary/aromatic N) is 4. The molecule has 0 aromatic heterocycles. The maximum atomic E-state index is 12.4. The predicted octanol–water partition coefficient (Wildman–Crippen LogP) is 9.31. The number of aliphatic hydroxyl groups excluding tert-OH is 1. The molecule has 70 heavy (non-hydrogen) atoms. The van der Waals surface area contributed by atoms with Crippen molar-refractivity contribution in [3.8, 4) is 0 Å². The van der Waals surface area contributed by atoms with Crippen molar-refractivity contribution in [1.29, 1.82) is 0 Å². The van der Waals surface area contributed by atoms with Crippen LogP contribution in [0, 0.1) is 23.7 Å². The highest BCUT2D eigenvalue weighted by atomic mass is 16.6. The van der Waals surface area contributed by atoms with Crippen LogP contribution in [-0.4, -0.2) is 145 Å². The lowest BCUT2D eigenvalue weighted by molar-refractivity contribution is -0.148. The molecule has 12 atom stereocenters. The van der Waals surface area contributed by atoms with E-state index in [9.17, 15) is 33.9 Å². The molecule has 1 aromatic rings. The van der Waals surface area contributed by atoms with E-state index >= 15 is 0 Å². The van der Waals surface area contributed by atoms with E-state index in [1.807, 2.05) is 88.0 Å². The molecule has 0 bridgehead atoms. The number of hydrogen-bond acceptors (Lipinski definition) is 12. The number of ether oxygens (including phenoxy) is 5. The first kappa shape index (κ1) is 54.7. The third kappa shape index (κ3) is 15.0. The van der Waals surface area contributed by atoms with Gasteiger partial charge in [0.25, 0.3) is 0 Å². The quantitative estimate of drug-likeness (QED) is 0.148. The van der Waals surface area contributed by atoms with E-state index in [4.69, 9.17) is 23.7 Å². The Hall–Kier alpha value is -4.60. The van der Waals surface area contributed by atoms with Crippen LogP contribution in [0.5, 0.6) is 0 Å². The molecule has 4 heterocycles. The number of aliphatic hydroxyl groups is 1. The summed E-state index contributed by atoms with van der Waals surface area (Å²) in [6.45, 7) is 24.5. The zero-order valence-corrected chi connectivity index (χ0v) is 44.3. The number of aryl methyl sites for hydroxylation is 1. The van der Waals surface area contributed by atoms with Gasteiger partial charge in [0, 0.05) is 30.2 Å². The fourth-order valence-electron chi connectivity index (χ4n) is 10.6. The molecule has 16 heteroatoms. The average Bonchev–Trinajstić information content (AvgIpc) is 4.22. The fourth-order valence-corrected chi connectivity index (χ4v) is 10.6. The summed E-state index contributed by atoms with van der Waals surface area (Å²) in [5, 5.41) is 9.17. The molecule has 392 valence electrons. The number of hydrogen-bond donors (Lipinski definition) is 1. The Balaban J connectivity index is 0.000000155. The lowest BCUT2D eigenvalue weighted by atomic mass is 10.0. The van der Waals surface area contributed by atoms with E-state index in [-0.39, 0.29) is 55.0 Å². The van der Waals surface area contributed by atoms with Crippen LogP contribution in [0.3, 0.4) is 0 Å². The van der Waals surface area contributed by atoms with Gasteiger partial charge in [0.15, 0.2) is 0 Å². The monoisotopic (exact) mass is 981 g/mol. The van der Waals surface area contributed by atoms with Gasteiger partial charge in [-0.3, -0.25) is 14.7 Å². The van der Waals surface area contributed by atoms with Crippen molar-refractivity contribution in [2.45, 2.75) is 231 Å². The molecule has 4 amide bonds. The summed E-state index contributed by atoms with van der Waals surface area (Å²) in [5.74, 6) is 2.01. The number of piperidine rings is 4. The first-order valence-electron chi connectivity index (χ1n) is 25.9. The summed E-state index contributed by atoms with van der Waals surface area (Å²) in [7, 11) is 0. The Labute approximate surface area is 416 Å². The van der Waals surface area contributed by atoms with Crippen molar-refractivity contribution in [2.75, 3.05) is 13.2 Å². The predicted molar refractivity (Wildman–Crippen MR) is 263 cm³/mol. The summed E-state index contributed by atoms with van der Waals surface area (Å²) in [5.41, 5.74) is -0.502. The Morgan fingerprint density at radius 3 is 1.41 bits per heavy atom. The number of esters is 1. The second-order valence-electron chi connectivity index (χ2n) is 24.6. The van der Waals surface area contributed by atoms with Gasteiger partial charge in [0.2, 0.25) is 0 Å². The van der Waals surface area contributed by atoms with Crippen LogP contribution < -0.4 is 0 Å². The van der Waals surface area contributed by atoms with E-state index in [0.29, 0.717) is 48.9 Å². The summed E-state index contributed by atoms with van der Waals surface area (Å²) in [4.78, 5) is 77.8. The van der Waals surface area contributed by atoms with Gasteiger partial charge < -0.3 is 38.5 Å². The van der Waals surface area contributed by atoms with Crippen molar-refractivity contribution in [1.82, 2.24) is 19.6 Å². The molecule has 4 aliphatic heterocycles. The minimum Gasteiger partial charge on any atom is -0.464 e. The molecular weight excluding hydrogens is 897 g/mol. The summed E-state index contributed by atoms with van der Waals surface area (Å²) < 4.78 is 26.6. The molecule has 0 unspecified atom stereocenters. The summed E-state index contributed by atoms with van der Waals surface area (Å²) in [6, 6.07) is 11.4. The Kier molecular flexibility index (Phi) is 16.9. The number of likely N-dealkylation sites (tertiary alicyclic amines) is 4. The third-order valence-electron chi connectivity index (χ3n) is 13.9. The van der Waals surface area contributed by atoms with Gasteiger partial charge >= 0.3 is 30.3 Å². The smallest absolute Gasteiger partial charge is 0.411 e. The zero-order chi connectivity index (χ0) is 51.7. The minimum absolute atomic E-state index is 0.0244. The second kappa shape index (κ2) is 21.6. The molecule has 0 radical (unpaired) electrons. The number of benzene rings is 1. The van der Waals surface area contributed by atoms with Gasteiger partial charge in [-0.05, 0) is 190 Å². The molecule has 9 rings (SSSR count). The molecule has 1 N–H and O–H groups in total. The van der Waals surface area contributed by atoms with Gasteiger partial charge in [0.1, 0.15) is 34.7 Å². The Morgan fingerprint density at radius 1 is 0.557 bits per heavy atom. The molecule has 4 aliphatic carbocycles. The maximum Gasteiger partial charge on any atom is 0.411 e. The maximum absolute atomic E-state index is 12.4. The average molecular weight is 981 g/mol. The van der Waals surface area contributed by atoms with Crippen LogP contribution in [0.2, 0.25) is 0 Å². The molecule has 8 aliphatic rings. The Bertz CT molecular complexity index is 2000. The van der Waals surface area contributed by atoms with E-state index in [0.717, 1.165) is 63.6 Å². The number of aldehydes is 1. The number of carbonyl (C=O) groups excluding carboxylic acids is 6. The lowest BCUT2D eigenvalue weighted by Crippen LogP contribution is -2.46. The van der Waals surface area contributed by atoms with Crippen LogP contribution in [0.15, 0.2) is 30.3 Å². The molecule has 16 nitrogen and oxygen atoms in total. The number of carbonyl (C=O) groups is 6. The number of amides is 4. The van der Waals surface area contributed by atoms with E-state index in [2.05, 4.69) is 30.3 Å². The van der Waals surface area contributed by atoms with Crippen LogP contribution in [-0.2, 0) is 39.7 Å². The standard InChI is InChI=1S/C19H27NO2.C13H21NO4.C11H19NO3.C11H17NO3/c1-19(2,3)22-18(21)20-16(12-15-13-17(15)20)11-7-10-14-8-5-4-6-9-14;1-5-17-11(15)10-7-8-6-9(8)14(10)12(16)18-13(2,3)4;2*1-11(2,3)15-10(14)12-8(6-13)4-7-5-9(7)12/h4-6,8-9,15-17H,7,10-13H2,1-3H3;8-10H,5-7H2,1-4H3;7-9,13H,4-6H2,1-3H3;6-9H,4-5H2,1-3H3/t15-,16+,17+;8-,9-,10+;2*7-,8-,9+/m1011/s1. The molecule has 4 saturated heterocycles. The van der Waals surface area contributed by atoms with Gasteiger partial charge in [-0.2, -0.15) is 0 Å². The van der Waals surface area contributed by atoms with Crippen LogP contribution >= 0.6 is 0 Å². The largest absolute Gasteiger partial charge is 0.464 e. The number of rotatable bonds is 8. The van der Waals surface area contributed by atoms with Crippen LogP contribution in [0.25, 0.3) is 0 Å². The fraction of sp³-hybridized carbons (Fsp3) is 0.778. The number of fused-ring (bicyclic) bond motifs is 4. The SMILES string of the molecule is CC(C)(C)OC(=O)N1[C@@H](C=O)C[C@@H]2C[C@@H]21.CC(C)(C)OC(=O)N1[C@@H](CCCc2ccccc2)C[C@@H]2C[C@@H]21.CC(C)(C)OC(=O)N1[C@@H](CO)C[C@@H]2C[C@@H]21.CCOC(=O)[C@H]1C[C@@H]2C[C@@H]2N1C(=O)OC(C)(C)C. The third-order valence-corrected chi connectivity index (χ3v) is 13.9. The Morgan fingerprint density at radius 2 is 0.957 bits per heavy atom. The van der Waals surface area contributed by atoms with Gasteiger partial charge in [0.05, 0.1) is 25.3 Å². The topological polar surface area (TPSA) is 182 Å². The molecule has 8 fully saturated rings. The van der Waals surface area contributed by atoms with Crippen molar-refractivity contribution < 1.29 is 57.6 Å². The minimum atomic E-state index is -0.538. The zero-order valence-electron chi connectivity index (χ0n) is 44.3. The molecule has 1 aromatic carbocycles. The highest BCUT2D eigenvalue weighted by molar-refractivity contribution is 5.83. The van der Waals surface area contributed by atoms with E-state index in [1.54, 1.807) is 21.6 Å². The van der Waals surface area contributed by atoms with E-state index < -0.39 is 34.5 Å². The summed E-state index contributed by atoms with van der Waals surface area (Å²) in [6.07, 6.45) is 10.9. The van der Waals surface area contributed by atoms with Gasteiger partial charge in [-0.1, -0.05) is 30.3 Å². The van der Waals surface area contributed by atoms with Crippen LogP contribution in [0.1, 0.15) is 160 Å². The van der Waals surface area contributed by atoms with Crippen molar-refractivity contribution in [3.63, 3.8) is 0 Å². The summed E-state index contributed by atoms with van der Waals surface area (Å²) >= 11 is 0. The molecular formula is C54H84N4O12. The highest BCUT2D eigenvalue weighted by Crippen LogP contribution is 2.51. The first-order chi connectivity index (χ1) is 32.6. The van der Waals surface area contributed by atoms with Crippen molar-refractivity contribution in [3.05, 3.63) is 35.9 Å².